The maximum absolute atomic E-state index is 13.6. The van der Waals surface area contributed by atoms with E-state index in [1.54, 1.807) is 26.0 Å². The summed E-state index contributed by atoms with van der Waals surface area (Å²) in [6, 6.07) is 4.76. The standard InChI is InChI=1S/C15H20FN3O2/c1-9(2)20-8-15(4,17)14-18-13(21-19-14)11-6-5-10(3)12(16)7-11/h5-7,9H,8,17H2,1-4H3. The summed E-state index contributed by atoms with van der Waals surface area (Å²) in [7, 11) is 0. The number of aryl methyl sites for hydroxylation is 1. The molecule has 5 nitrogen and oxygen atoms in total. The predicted octanol–water partition coefficient (Wildman–Crippen LogP) is 2.78. The molecule has 0 radical (unpaired) electrons. The number of hydrogen-bond acceptors (Lipinski definition) is 5. The second-order valence-electron chi connectivity index (χ2n) is 5.66. The predicted molar refractivity (Wildman–Crippen MR) is 77.1 cm³/mol. The average molecular weight is 293 g/mol. The minimum atomic E-state index is -0.866. The van der Waals surface area contributed by atoms with Crippen LogP contribution in [0.3, 0.4) is 0 Å². The molecule has 1 atom stereocenters. The highest BCUT2D eigenvalue weighted by molar-refractivity contribution is 5.53. The van der Waals surface area contributed by atoms with Crippen LogP contribution in [0.15, 0.2) is 22.7 Å². The number of rotatable bonds is 5. The van der Waals surface area contributed by atoms with Gasteiger partial charge in [-0.1, -0.05) is 11.2 Å². The van der Waals surface area contributed by atoms with Crippen LogP contribution < -0.4 is 5.73 Å². The molecule has 2 rings (SSSR count). The molecule has 1 aromatic carbocycles. The van der Waals surface area contributed by atoms with Gasteiger partial charge in [0.15, 0.2) is 5.82 Å². The van der Waals surface area contributed by atoms with Crippen LogP contribution >= 0.6 is 0 Å². The van der Waals surface area contributed by atoms with Gasteiger partial charge in [-0.3, -0.25) is 0 Å². The van der Waals surface area contributed by atoms with Crippen molar-refractivity contribution in [2.24, 2.45) is 5.73 Å². The molecule has 0 amide bonds. The SMILES string of the molecule is Cc1ccc(-c2nc(C(C)(N)COC(C)C)no2)cc1F. The third kappa shape index (κ3) is 3.65. The Balaban J connectivity index is 2.22. The maximum Gasteiger partial charge on any atom is 0.258 e. The Morgan fingerprint density at radius 1 is 1.43 bits per heavy atom. The number of nitrogens with two attached hydrogens (primary N) is 1. The molecule has 0 aliphatic heterocycles. The molecule has 0 bridgehead atoms. The van der Waals surface area contributed by atoms with Gasteiger partial charge < -0.3 is 15.0 Å². The molecule has 0 fully saturated rings. The van der Waals surface area contributed by atoms with Crippen LogP contribution in [-0.4, -0.2) is 22.9 Å². The molecule has 0 aliphatic carbocycles. The van der Waals surface area contributed by atoms with E-state index in [0.717, 1.165) is 0 Å². The van der Waals surface area contributed by atoms with Gasteiger partial charge >= 0.3 is 0 Å². The van der Waals surface area contributed by atoms with Crippen molar-refractivity contribution in [1.82, 2.24) is 10.1 Å². The molecule has 0 aliphatic rings. The van der Waals surface area contributed by atoms with Crippen LogP contribution in [-0.2, 0) is 10.3 Å². The van der Waals surface area contributed by atoms with Crippen molar-refractivity contribution in [3.63, 3.8) is 0 Å². The monoisotopic (exact) mass is 293 g/mol. The molecule has 1 unspecified atom stereocenters. The molecule has 2 aromatic rings. The number of aromatic nitrogens is 2. The molecule has 0 saturated carbocycles. The van der Waals surface area contributed by atoms with Crippen molar-refractivity contribution in [2.75, 3.05) is 6.61 Å². The highest BCUT2D eigenvalue weighted by atomic mass is 19.1. The van der Waals surface area contributed by atoms with Gasteiger partial charge in [0.2, 0.25) is 0 Å². The quantitative estimate of drug-likeness (QED) is 0.917. The van der Waals surface area contributed by atoms with Crippen molar-refractivity contribution in [3.8, 4) is 11.5 Å². The number of nitrogens with zero attached hydrogens (tertiary/aromatic N) is 2. The Morgan fingerprint density at radius 2 is 2.14 bits per heavy atom. The topological polar surface area (TPSA) is 74.2 Å². The van der Waals surface area contributed by atoms with E-state index in [9.17, 15) is 4.39 Å². The van der Waals surface area contributed by atoms with Gasteiger partial charge in [0.1, 0.15) is 11.4 Å². The van der Waals surface area contributed by atoms with Gasteiger partial charge in [0, 0.05) is 5.56 Å². The highest BCUT2D eigenvalue weighted by Crippen LogP contribution is 2.23. The van der Waals surface area contributed by atoms with Gasteiger partial charge in [-0.05, 0) is 45.4 Å². The van der Waals surface area contributed by atoms with Crippen molar-refractivity contribution >= 4 is 0 Å². The zero-order valence-corrected chi connectivity index (χ0v) is 12.7. The summed E-state index contributed by atoms with van der Waals surface area (Å²) in [6.07, 6.45) is 0.0606. The molecule has 114 valence electrons. The van der Waals surface area contributed by atoms with E-state index in [0.29, 0.717) is 17.0 Å². The molecule has 0 saturated heterocycles. The highest BCUT2D eigenvalue weighted by Gasteiger charge is 2.28. The van der Waals surface area contributed by atoms with Gasteiger partial charge in [0.05, 0.1) is 12.7 Å². The van der Waals surface area contributed by atoms with Crippen LogP contribution in [0.4, 0.5) is 4.39 Å². The number of ether oxygens (including phenoxy) is 1. The summed E-state index contributed by atoms with van der Waals surface area (Å²) >= 11 is 0. The number of hydrogen-bond donors (Lipinski definition) is 1. The van der Waals surface area contributed by atoms with Crippen LogP contribution in [0.5, 0.6) is 0 Å². The Hall–Kier alpha value is -1.79. The van der Waals surface area contributed by atoms with Crippen molar-refractivity contribution in [1.29, 1.82) is 0 Å². The molecule has 0 spiro atoms. The van der Waals surface area contributed by atoms with Crippen molar-refractivity contribution < 1.29 is 13.7 Å². The van der Waals surface area contributed by atoms with E-state index in [-0.39, 0.29) is 24.4 Å². The van der Waals surface area contributed by atoms with E-state index in [1.807, 2.05) is 13.8 Å². The zero-order chi connectivity index (χ0) is 15.6. The summed E-state index contributed by atoms with van der Waals surface area (Å²) in [5.74, 6) is 0.259. The lowest BCUT2D eigenvalue weighted by Crippen LogP contribution is -2.40. The van der Waals surface area contributed by atoms with Crippen molar-refractivity contribution in [2.45, 2.75) is 39.3 Å². The third-order valence-corrected chi connectivity index (χ3v) is 3.07. The molecule has 6 heteroatoms. The van der Waals surface area contributed by atoms with Crippen LogP contribution in [0, 0.1) is 12.7 Å². The minimum absolute atomic E-state index is 0.0606. The van der Waals surface area contributed by atoms with E-state index in [4.69, 9.17) is 15.0 Å². The lowest BCUT2D eigenvalue weighted by molar-refractivity contribution is 0.0410. The Labute approximate surface area is 123 Å². The van der Waals surface area contributed by atoms with E-state index < -0.39 is 5.54 Å². The fraction of sp³-hybridized carbons (Fsp3) is 0.467. The number of halogens is 1. The fourth-order valence-corrected chi connectivity index (χ4v) is 1.70. The first-order valence-electron chi connectivity index (χ1n) is 6.81. The summed E-state index contributed by atoms with van der Waals surface area (Å²) in [5.41, 5.74) is 6.37. The maximum atomic E-state index is 13.6. The van der Waals surface area contributed by atoms with Crippen LogP contribution in [0.25, 0.3) is 11.5 Å². The first-order valence-corrected chi connectivity index (χ1v) is 6.81. The molecule has 1 aromatic heterocycles. The van der Waals surface area contributed by atoms with Gasteiger partial charge in [-0.15, -0.1) is 0 Å². The van der Waals surface area contributed by atoms with Crippen molar-refractivity contribution in [3.05, 3.63) is 35.4 Å². The first-order chi connectivity index (χ1) is 9.79. The van der Waals surface area contributed by atoms with Gasteiger partial charge in [-0.25, -0.2) is 4.39 Å². The lowest BCUT2D eigenvalue weighted by atomic mass is 10.1. The Morgan fingerprint density at radius 3 is 2.76 bits per heavy atom. The smallest absolute Gasteiger partial charge is 0.258 e. The van der Waals surface area contributed by atoms with Crippen LogP contribution in [0.2, 0.25) is 0 Å². The molecule has 21 heavy (non-hydrogen) atoms. The minimum Gasteiger partial charge on any atom is -0.376 e. The van der Waals surface area contributed by atoms with Crippen LogP contribution in [0.1, 0.15) is 32.2 Å². The Kier molecular flexibility index (Phi) is 4.39. The fourth-order valence-electron chi connectivity index (χ4n) is 1.70. The molecule has 2 N–H and O–H groups in total. The first kappa shape index (κ1) is 15.6. The van der Waals surface area contributed by atoms with E-state index in [2.05, 4.69) is 10.1 Å². The summed E-state index contributed by atoms with van der Waals surface area (Å²) in [5, 5.41) is 3.88. The van der Waals surface area contributed by atoms with Gasteiger partial charge in [0.25, 0.3) is 5.89 Å². The largest absolute Gasteiger partial charge is 0.376 e. The second kappa shape index (κ2) is 5.91. The normalized spacial score (nSPS) is 14.4. The van der Waals surface area contributed by atoms with E-state index in [1.165, 1.54) is 6.07 Å². The summed E-state index contributed by atoms with van der Waals surface area (Å²) in [4.78, 5) is 4.25. The average Bonchev–Trinajstić information content (AvgIpc) is 2.90. The molecular weight excluding hydrogens is 273 g/mol. The number of benzene rings is 1. The second-order valence-corrected chi connectivity index (χ2v) is 5.66. The molecular formula is C15H20FN3O2. The van der Waals surface area contributed by atoms with E-state index >= 15 is 0 Å². The summed E-state index contributed by atoms with van der Waals surface area (Å²) in [6.45, 7) is 7.57. The Bertz CT molecular complexity index is 623. The lowest BCUT2D eigenvalue weighted by Gasteiger charge is -2.21. The molecule has 1 heterocycles. The third-order valence-electron chi connectivity index (χ3n) is 3.07. The van der Waals surface area contributed by atoms with Gasteiger partial charge in [-0.2, -0.15) is 4.98 Å². The summed E-state index contributed by atoms with van der Waals surface area (Å²) < 4.78 is 24.3. The zero-order valence-electron chi connectivity index (χ0n) is 12.7.